The van der Waals surface area contributed by atoms with Crippen molar-refractivity contribution in [2.75, 3.05) is 47.7 Å². The fraction of sp³-hybridized carbons (Fsp3) is 0.700. The second kappa shape index (κ2) is 16.2. The molecule has 0 aliphatic carbocycles. The summed E-state index contributed by atoms with van der Waals surface area (Å²) in [5.41, 5.74) is 0. The normalized spacial score (nSPS) is 25.7. The predicted molar refractivity (Wildman–Crippen MR) is 141 cm³/mol. The number of hydrogen-bond acceptors (Lipinski definition) is 10. The highest BCUT2D eigenvalue weighted by molar-refractivity contribution is 8.22. The van der Waals surface area contributed by atoms with E-state index in [-0.39, 0.29) is 11.9 Å². The summed E-state index contributed by atoms with van der Waals surface area (Å²) in [5.74, 6) is 6.25. The summed E-state index contributed by atoms with van der Waals surface area (Å²) in [5, 5.41) is 0.835. The van der Waals surface area contributed by atoms with E-state index in [1.807, 2.05) is 70.6 Å². The van der Waals surface area contributed by atoms with Crippen LogP contribution in [0.5, 0.6) is 0 Å². The zero-order chi connectivity index (χ0) is 21.6. The molecule has 2 aliphatic rings. The van der Waals surface area contributed by atoms with E-state index in [0.29, 0.717) is 32.9 Å². The molecule has 4 atom stereocenters. The van der Waals surface area contributed by atoms with Gasteiger partial charge in [-0.15, -0.1) is 47.0 Å². The Morgan fingerprint density at radius 2 is 1.27 bits per heavy atom. The van der Waals surface area contributed by atoms with Gasteiger partial charge in [-0.3, -0.25) is 0 Å². The van der Waals surface area contributed by atoms with Crippen molar-refractivity contribution in [1.29, 1.82) is 0 Å². The first-order valence-corrected chi connectivity index (χ1v) is 16.2. The smallest absolute Gasteiger partial charge is 0.330 e. The molecule has 0 aromatic rings. The maximum atomic E-state index is 11.1. The molecule has 2 fully saturated rings. The van der Waals surface area contributed by atoms with Crippen LogP contribution >= 0.6 is 70.6 Å². The molecule has 170 valence electrons. The molecule has 0 spiro atoms. The molecule has 0 saturated carbocycles. The Hall–Kier alpha value is 0.520. The van der Waals surface area contributed by atoms with Crippen molar-refractivity contribution in [3.05, 3.63) is 25.3 Å². The Kier molecular flexibility index (Phi) is 14.4. The number of ether oxygens (including phenoxy) is 2. The average Bonchev–Trinajstić information content (AvgIpc) is 3.41. The first-order chi connectivity index (χ1) is 14.6. The van der Waals surface area contributed by atoms with Crippen LogP contribution in [0.1, 0.15) is 12.8 Å². The molecule has 0 aromatic heterocycles. The van der Waals surface area contributed by atoms with Gasteiger partial charge in [0.05, 0.1) is 9.16 Å². The van der Waals surface area contributed by atoms with Crippen molar-refractivity contribution in [2.45, 2.75) is 32.5 Å². The standard InChI is InChI=1S/C20H30O4S6/c1-3-17(21)23-9-15-11-27-19(29-15)13-25-7-5-6-8-26-14-20-28-12-16(30-20)10-24-18(22)4-2/h3-4,15-16,19-20H,1-2,5-14H2. The van der Waals surface area contributed by atoms with Gasteiger partial charge in [-0.25, -0.2) is 9.59 Å². The van der Waals surface area contributed by atoms with Gasteiger partial charge in [-0.1, -0.05) is 13.2 Å². The molecule has 2 aliphatic heterocycles. The summed E-state index contributed by atoms with van der Waals surface area (Å²) in [6.45, 7) is 7.85. The zero-order valence-electron chi connectivity index (χ0n) is 17.0. The number of esters is 2. The summed E-state index contributed by atoms with van der Waals surface area (Å²) < 4.78 is 11.5. The largest absolute Gasteiger partial charge is 0.461 e. The highest BCUT2D eigenvalue weighted by atomic mass is 32.2. The molecule has 0 aromatic carbocycles. The minimum atomic E-state index is -0.324. The monoisotopic (exact) mass is 526 g/mol. The number of thioether (sulfide) groups is 6. The van der Waals surface area contributed by atoms with Gasteiger partial charge in [-0.2, -0.15) is 23.5 Å². The van der Waals surface area contributed by atoms with Crippen LogP contribution < -0.4 is 0 Å². The third-order valence-electron chi connectivity index (χ3n) is 4.12. The molecule has 10 heteroatoms. The van der Waals surface area contributed by atoms with Gasteiger partial charge in [0.25, 0.3) is 0 Å². The molecule has 0 amide bonds. The van der Waals surface area contributed by atoms with Crippen LogP contribution in [-0.2, 0) is 19.1 Å². The molecule has 2 rings (SSSR count). The Morgan fingerprint density at radius 1 is 0.833 bits per heavy atom. The van der Waals surface area contributed by atoms with Gasteiger partial charge < -0.3 is 9.47 Å². The SMILES string of the molecule is C=CC(=O)OCC1CSC(CSCCCCSCC2SCC(COC(=O)C=C)S2)S1. The van der Waals surface area contributed by atoms with Gasteiger partial charge in [0.15, 0.2) is 0 Å². The van der Waals surface area contributed by atoms with Crippen LogP contribution in [0.2, 0.25) is 0 Å². The first-order valence-electron chi connectivity index (χ1n) is 9.88. The van der Waals surface area contributed by atoms with Crippen LogP contribution in [-0.4, -0.2) is 79.3 Å². The summed E-state index contributed by atoms with van der Waals surface area (Å²) in [4.78, 5) is 22.3. The van der Waals surface area contributed by atoms with Crippen LogP contribution in [0.4, 0.5) is 0 Å². The van der Waals surface area contributed by atoms with Crippen molar-refractivity contribution >= 4 is 82.5 Å². The van der Waals surface area contributed by atoms with E-state index < -0.39 is 0 Å². The Balaban J connectivity index is 1.38. The lowest BCUT2D eigenvalue weighted by Crippen LogP contribution is -2.14. The third kappa shape index (κ3) is 11.4. The lowest BCUT2D eigenvalue weighted by molar-refractivity contribution is -0.138. The van der Waals surface area contributed by atoms with E-state index >= 15 is 0 Å². The molecule has 0 radical (unpaired) electrons. The van der Waals surface area contributed by atoms with Gasteiger partial charge in [0.2, 0.25) is 0 Å². The van der Waals surface area contributed by atoms with E-state index in [1.54, 1.807) is 0 Å². The molecule has 4 unspecified atom stereocenters. The third-order valence-corrected chi connectivity index (χ3v) is 13.7. The van der Waals surface area contributed by atoms with Crippen molar-refractivity contribution in [2.24, 2.45) is 0 Å². The Bertz CT molecular complexity index is 513. The van der Waals surface area contributed by atoms with E-state index in [2.05, 4.69) is 13.2 Å². The minimum absolute atomic E-state index is 0.324. The van der Waals surface area contributed by atoms with Gasteiger partial charge in [-0.05, 0) is 24.3 Å². The fourth-order valence-electron chi connectivity index (χ4n) is 2.60. The molecule has 0 bridgehead atoms. The maximum Gasteiger partial charge on any atom is 0.330 e. The zero-order valence-corrected chi connectivity index (χ0v) is 21.9. The van der Waals surface area contributed by atoms with E-state index in [9.17, 15) is 9.59 Å². The predicted octanol–water partition coefficient (Wildman–Crippen LogP) is 5.04. The molecule has 2 saturated heterocycles. The number of rotatable bonds is 15. The summed E-state index contributed by atoms with van der Waals surface area (Å²) in [6.07, 6.45) is 4.99. The van der Waals surface area contributed by atoms with Gasteiger partial charge in [0.1, 0.15) is 13.2 Å². The number of carbonyl (C=O) groups is 2. The van der Waals surface area contributed by atoms with Gasteiger partial charge in [0, 0.05) is 45.7 Å². The quantitative estimate of drug-likeness (QED) is 0.165. The summed E-state index contributed by atoms with van der Waals surface area (Å²) in [6, 6.07) is 0. The van der Waals surface area contributed by atoms with Crippen LogP contribution in [0.25, 0.3) is 0 Å². The fourth-order valence-corrected chi connectivity index (χ4v) is 12.0. The topological polar surface area (TPSA) is 52.6 Å². The molecule has 2 heterocycles. The van der Waals surface area contributed by atoms with Crippen molar-refractivity contribution in [3.63, 3.8) is 0 Å². The Labute approximate surface area is 206 Å². The number of unbranched alkanes of at least 4 members (excludes halogenated alkanes) is 1. The molecule has 4 nitrogen and oxygen atoms in total. The average molecular weight is 527 g/mol. The molecular formula is C20H30O4S6. The lowest BCUT2D eigenvalue weighted by Gasteiger charge is -2.11. The Morgan fingerprint density at radius 3 is 1.67 bits per heavy atom. The van der Waals surface area contributed by atoms with E-state index in [4.69, 9.17) is 9.47 Å². The highest BCUT2D eigenvalue weighted by Crippen LogP contribution is 2.40. The second-order valence-electron chi connectivity index (χ2n) is 6.57. The van der Waals surface area contributed by atoms with Crippen molar-refractivity contribution < 1.29 is 19.1 Å². The van der Waals surface area contributed by atoms with Crippen LogP contribution in [0.3, 0.4) is 0 Å². The lowest BCUT2D eigenvalue weighted by atomic mass is 10.4. The van der Waals surface area contributed by atoms with Crippen molar-refractivity contribution in [3.8, 4) is 0 Å². The van der Waals surface area contributed by atoms with E-state index in [1.165, 1.54) is 48.0 Å². The first kappa shape index (κ1) is 26.8. The van der Waals surface area contributed by atoms with E-state index in [0.717, 1.165) is 11.5 Å². The van der Waals surface area contributed by atoms with Crippen molar-refractivity contribution in [1.82, 2.24) is 0 Å². The molecule has 30 heavy (non-hydrogen) atoms. The summed E-state index contributed by atoms with van der Waals surface area (Å²) >= 11 is 11.9. The second-order valence-corrected chi connectivity index (χ2v) is 15.0. The minimum Gasteiger partial charge on any atom is -0.461 e. The van der Waals surface area contributed by atoms with Gasteiger partial charge >= 0.3 is 11.9 Å². The van der Waals surface area contributed by atoms with Crippen LogP contribution in [0, 0.1) is 0 Å². The number of hydrogen-bond donors (Lipinski definition) is 0. The highest BCUT2D eigenvalue weighted by Gasteiger charge is 2.27. The van der Waals surface area contributed by atoms with Crippen LogP contribution in [0.15, 0.2) is 25.3 Å². The maximum absolute atomic E-state index is 11.1. The summed E-state index contributed by atoms with van der Waals surface area (Å²) in [7, 11) is 0. The molecular weight excluding hydrogens is 497 g/mol. The molecule has 0 N–H and O–H groups in total. The number of carbonyl (C=O) groups excluding carboxylic acids is 2.